The van der Waals surface area contributed by atoms with E-state index in [0.717, 1.165) is 61.2 Å². The van der Waals surface area contributed by atoms with Crippen molar-refractivity contribution in [3.63, 3.8) is 0 Å². The van der Waals surface area contributed by atoms with E-state index < -0.39 is 0 Å². The molecule has 1 aliphatic carbocycles. The Bertz CT molecular complexity index is 1120. The minimum Gasteiger partial charge on any atom is -0.494 e. The van der Waals surface area contributed by atoms with E-state index >= 15 is 0 Å². The van der Waals surface area contributed by atoms with E-state index in [1.165, 1.54) is 12.8 Å². The largest absolute Gasteiger partial charge is 0.494 e. The van der Waals surface area contributed by atoms with Crippen LogP contribution in [0.3, 0.4) is 0 Å². The van der Waals surface area contributed by atoms with E-state index in [1.54, 1.807) is 0 Å². The van der Waals surface area contributed by atoms with Gasteiger partial charge in [0.25, 0.3) is 5.56 Å². The molecule has 8 nitrogen and oxygen atoms in total. The molecule has 170 valence electrons. The normalized spacial score (nSPS) is 19.6. The van der Waals surface area contributed by atoms with Crippen LogP contribution in [0, 0.1) is 5.92 Å². The van der Waals surface area contributed by atoms with Gasteiger partial charge in [-0.2, -0.15) is 0 Å². The summed E-state index contributed by atoms with van der Waals surface area (Å²) in [6.07, 6.45) is 6.81. The number of fused-ring (bicyclic) bond motifs is 1. The summed E-state index contributed by atoms with van der Waals surface area (Å²) >= 11 is 0. The summed E-state index contributed by atoms with van der Waals surface area (Å²) < 4.78 is 7.69. The summed E-state index contributed by atoms with van der Waals surface area (Å²) in [6.45, 7) is 6.73. The van der Waals surface area contributed by atoms with Crippen LogP contribution in [-0.4, -0.2) is 49.8 Å². The molecule has 3 heterocycles. The molecule has 2 aromatic heterocycles. The highest BCUT2D eigenvalue weighted by Crippen LogP contribution is 2.35. The molecule has 0 bridgehead atoms. The number of aromatic nitrogens is 5. The Morgan fingerprint density at radius 2 is 1.94 bits per heavy atom. The van der Waals surface area contributed by atoms with E-state index in [1.807, 2.05) is 35.9 Å². The molecule has 1 N–H and O–H groups in total. The smallest absolute Gasteiger partial charge is 0.253 e. The molecule has 1 aliphatic heterocycles. The zero-order valence-corrected chi connectivity index (χ0v) is 19.0. The van der Waals surface area contributed by atoms with Gasteiger partial charge >= 0.3 is 0 Å². The second-order valence-electron chi connectivity index (χ2n) is 9.28. The molecule has 2 fully saturated rings. The fourth-order valence-electron chi connectivity index (χ4n) is 5.24. The van der Waals surface area contributed by atoms with E-state index in [4.69, 9.17) is 4.74 Å². The lowest BCUT2D eigenvalue weighted by Crippen LogP contribution is -2.40. The van der Waals surface area contributed by atoms with E-state index in [0.29, 0.717) is 24.1 Å². The minimum absolute atomic E-state index is 0.0775. The van der Waals surface area contributed by atoms with Gasteiger partial charge in [0.2, 0.25) is 0 Å². The number of nitrogens with one attached hydrogen (secondary N) is 1. The number of aromatic amines is 1. The van der Waals surface area contributed by atoms with Gasteiger partial charge in [-0.15, -0.1) is 5.10 Å². The molecule has 1 saturated carbocycles. The number of hydrogen-bond acceptors (Lipinski definition) is 6. The van der Waals surface area contributed by atoms with Crippen molar-refractivity contribution < 1.29 is 4.74 Å². The zero-order chi connectivity index (χ0) is 22.1. The van der Waals surface area contributed by atoms with Crippen molar-refractivity contribution in [2.75, 3.05) is 19.7 Å². The highest BCUT2D eigenvalue weighted by Gasteiger charge is 2.34. The van der Waals surface area contributed by atoms with Crippen LogP contribution < -0.4 is 10.3 Å². The maximum absolute atomic E-state index is 13.3. The van der Waals surface area contributed by atoms with Crippen LogP contribution in [0.1, 0.15) is 75.8 Å². The van der Waals surface area contributed by atoms with Crippen molar-refractivity contribution in [1.82, 2.24) is 30.1 Å². The first-order chi connectivity index (χ1) is 15.6. The Morgan fingerprint density at radius 3 is 2.69 bits per heavy atom. The topological polar surface area (TPSA) is 88.9 Å². The molecular formula is C24H32N6O2. The zero-order valence-electron chi connectivity index (χ0n) is 19.0. The standard InChI is InChI=1S/C24H32N6O2/c1-3-32-19-8-9-21-17(14-19)15-20(24(31)25-21)22(29-12-10-16(2)11-13-29)23-26-27-28-30(23)18-6-4-5-7-18/h8-9,14-16,18,22H,3-7,10-13H2,1-2H3,(H,25,31). The first kappa shape index (κ1) is 21.1. The second kappa shape index (κ2) is 9.02. The Kier molecular flexibility index (Phi) is 5.95. The predicted octanol–water partition coefficient (Wildman–Crippen LogP) is 3.85. The number of hydrogen-bond donors (Lipinski definition) is 1. The van der Waals surface area contributed by atoms with E-state index in [9.17, 15) is 4.79 Å². The van der Waals surface area contributed by atoms with Crippen LogP contribution >= 0.6 is 0 Å². The lowest BCUT2D eigenvalue weighted by Gasteiger charge is -2.36. The van der Waals surface area contributed by atoms with Gasteiger partial charge in [-0.1, -0.05) is 19.8 Å². The van der Waals surface area contributed by atoms with Crippen molar-refractivity contribution >= 4 is 10.9 Å². The summed E-state index contributed by atoms with van der Waals surface area (Å²) in [6, 6.07) is 7.86. The van der Waals surface area contributed by atoms with Gasteiger partial charge in [0.1, 0.15) is 11.8 Å². The Hall–Kier alpha value is -2.74. The number of piperidine rings is 1. The maximum atomic E-state index is 13.3. The number of rotatable bonds is 6. The Morgan fingerprint density at radius 1 is 1.16 bits per heavy atom. The molecule has 8 heteroatoms. The van der Waals surface area contributed by atoms with Gasteiger partial charge in [0.15, 0.2) is 5.82 Å². The average molecular weight is 437 g/mol. The monoisotopic (exact) mass is 436 g/mol. The second-order valence-corrected chi connectivity index (χ2v) is 9.28. The third-order valence-electron chi connectivity index (χ3n) is 7.07. The molecule has 1 atom stereocenters. The number of H-pyrrole nitrogens is 1. The number of nitrogens with zero attached hydrogens (tertiary/aromatic N) is 5. The quantitative estimate of drug-likeness (QED) is 0.631. The first-order valence-electron chi connectivity index (χ1n) is 12.0. The molecule has 1 unspecified atom stereocenters. The maximum Gasteiger partial charge on any atom is 0.253 e. The number of likely N-dealkylation sites (tertiary alicyclic amines) is 1. The van der Waals surface area contributed by atoms with Crippen molar-refractivity contribution in [3.8, 4) is 5.75 Å². The number of pyridine rings is 1. The Balaban J connectivity index is 1.62. The summed E-state index contributed by atoms with van der Waals surface area (Å²) in [5.74, 6) is 2.29. The number of tetrazole rings is 1. The fourth-order valence-corrected chi connectivity index (χ4v) is 5.24. The molecule has 1 aromatic carbocycles. The summed E-state index contributed by atoms with van der Waals surface area (Å²) in [4.78, 5) is 18.8. The summed E-state index contributed by atoms with van der Waals surface area (Å²) in [7, 11) is 0. The van der Waals surface area contributed by atoms with Crippen LogP contribution in [0.15, 0.2) is 29.1 Å². The van der Waals surface area contributed by atoms with Gasteiger partial charge in [0.05, 0.1) is 12.6 Å². The van der Waals surface area contributed by atoms with Crippen LogP contribution in [0.2, 0.25) is 0 Å². The molecular weight excluding hydrogens is 404 g/mol. The van der Waals surface area contributed by atoms with Gasteiger partial charge in [-0.25, -0.2) is 4.68 Å². The van der Waals surface area contributed by atoms with E-state index in [-0.39, 0.29) is 11.6 Å². The fraction of sp³-hybridized carbons (Fsp3) is 0.583. The van der Waals surface area contributed by atoms with Crippen molar-refractivity contribution in [2.24, 2.45) is 5.92 Å². The molecule has 32 heavy (non-hydrogen) atoms. The van der Waals surface area contributed by atoms with Crippen molar-refractivity contribution in [3.05, 3.63) is 46.0 Å². The van der Waals surface area contributed by atoms with Crippen molar-refractivity contribution in [1.29, 1.82) is 0 Å². The molecule has 2 aliphatic rings. The van der Waals surface area contributed by atoms with Crippen molar-refractivity contribution in [2.45, 2.75) is 64.5 Å². The van der Waals surface area contributed by atoms with Crippen LogP contribution in [-0.2, 0) is 0 Å². The first-order valence-corrected chi connectivity index (χ1v) is 12.0. The van der Waals surface area contributed by atoms with Gasteiger partial charge < -0.3 is 9.72 Å². The van der Waals surface area contributed by atoms with Gasteiger partial charge in [-0.05, 0) is 86.3 Å². The lowest BCUT2D eigenvalue weighted by atomic mass is 9.95. The summed E-state index contributed by atoms with van der Waals surface area (Å²) in [5.41, 5.74) is 1.43. The van der Waals surface area contributed by atoms with E-state index in [2.05, 4.69) is 32.3 Å². The minimum atomic E-state index is -0.262. The molecule has 5 rings (SSSR count). The highest BCUT2D eigenvalue weighted by atomic mass is 16.5. The van der Waals surface area contributed by atoms with Crippen LogP contribution in [0.25, 0.3) is 10.9 Å². The summed E-state index contributed by atoms with van der Waals surface area (Å²) in [5, 5.41) is 13.9. The number of benzene rings is 1. The molecule has 0 spiro atoms. The van der Waals surface area contributed by atoms with Gasteiger partial charge in [-0.3, -0.25) is 9.69 Å². The number of ether oxygens (including phenoxy) is 1. The predicted molar refractivity (Wildman–Crippen MR) is 123 cm³/mol. The third-order valence-corrected chi connectivity index (χ3v) is 7.07. The lowest BCUT2D eigenvalue weighted by molar-refractivity contribution is 0.147. The van der Waals surface area contributed by atoms with Crippen LogP contribution in [0.5, 0.6) is 5.75 Å². The molecule has 1 saturated heterocycles. The van der Waals surface area contributed by atoms with Crippen LogP contribution in [0.4, 0.5) is 0 Å². The molecule has 3 aromatic rings. The third kappa shape index (κ3) is 4.03. The average Bonchev–Trinajstić information content (AvgIpc) is 3.48. The molecule has 0 radical (unpaired) electrons. The SMILES string of the molecule is CCOc1ccc2[nH]c(=O)c(C(c3nnnn3C3CCCC3)N3CCC(C)CC3)cc2c1. The Labute approximate surface area is 188 Å². The van der Waals surface area contributed by atoms with Gasteiger partial charge in [0, 0.05) is 16.5 Å². The molecule has 0 amide bonds. The highest BCUT2D eigenvalue weighted by molar-refractivity contribution is 5.80.